The molecule has 0 N–H and O–H groups in total. The smallest absolute Gasteiger partial charge is 0.143 e. The number of nitrogens with zero attached hydrogens (tertiary/aromatic N) is 1. The second-order valence-electron chi connectivity index (χ2n) is 17.7. The molecule has 66 heavy (non-hydrogen) atoms. The molecule has 0 bridgehead atoms. The predicted molar refractivity (Wildman–Crippen MR) is 273 cm³/mol. The van der Waals surface area contributed by atoms with Crippen molar-refractivity contribution in [3.8, 4) is 33.4 Å². The Kier molecular flexibility index (Phi) is 8.56. The van der Waals surface area contributed by atoms with Crippen LogP contribution in [0.15, 0.2) is 233 Å². The van der Waals surface area contributed by atoms with Crippen molar-refractivity contribution in [1.82, 2.24) is 0 Å². The van der Waals surface area contributed by atoms with Crippen LogP contribution in [0, 0.1) is 13.8 Å². The highest BCUT2D eigenvalue weighted by Crippen LogP contribution is 2.61. The van der Waals surface area contributed by atoms with Crippen molar-refractivity contribution in [2.45, 2.75) is 19.3 Å². The van der Waals surface area contributed by atoms with Gasteiger partial charge in [-0.25, -0.2) is 0 Å². The maximum absolute atomic E-state index is 6.53. The number of hydrogen-bond donors (Lipinski definition) is 0. The third kappa shape index (κ3) is 5.63. The highest BCUT2D eigenvalue weighted by atomic mass is 16.3. The van der Waals surface area contributed by atoms with Gasteiger partial charge in [-0.3, -0.25) is 0 Å². The van der Waals surface area contributed by atoms with Crippen molar-refractivity contribution in [2.75, 3.05) is 4.90 Å². The van der Waals surface area contributed by atoms with Gasteiger partial charge in [-0.15, -0.1) is 0 Å². The SMILES string of the molecule is Cc1cc(C)c2c(c1)-c1cccc(N(c3ccc(-c4cccc5c4oc4ccccc45)cc3)c3ccc(-c4cccc5c4oc4ccccc45)cc3)c1C2(c1ccccc1)c1ccccc1. The van der Waals surface area contributed by atoms with Gasteiger partial charge in [-0.05, 0) is 101 Å². The molecule has 13 rings (SSSR count). The first-order valence-corrected chi connectivity index (χ1v) is 22.7. The Bertz CT molecular complexity index is 3620. The van der Waals surface area contributed by atoms with E-state index in [4.69, 9.17) is 8.83 Å². The van der Waals surface area contributed by atoms with Crippen molar-refractivity contribution in [3.05, 3.63) is 258 Å². The lowest BCUT2D eigenvalue weighted by molar-refractivity contribution is 0.669. The Balaban J connectivity index is 1.05. The van der Waals surface area contributed by atoms with Gasteiger partial charge < -0.3 is 13.7 Å². The Morgan fingerprint density at radius 2 is 0.818 bits per heavy atom. The molecule has 312 valence electrons. The van der Waals surface area contributed by atoms with E-state index < -0.39 is 5.41 Å². The summed E-state index contributed by atoms with van der Waals surface area (Å²) in [5, 5.41) is 4.49. The summed E-state index contributed by atoms with van der Waals surface area (Å²) < 4.78 is 13.1. The van der Waals surface area contributed by atoms with Gasteiger partial charge >= 0.3 is 0 Å². The summed E-state index contributed by atoms with van der Waals surface area (Å²) in [5.74, 6) is 0. The first-order valence-electron chi connectivity index (χ1n) is 22.7. The molecule has 1 aliphatic carbocycles. The molecule has 0 spiro atoms. The van der Waals surface area contributed by atoms with E-state index >= 15 is 0 Å². The summed E-state index contributed by atoms with van der Waals surface area (Å²) in [6.07, 6.45) is 0. The zero-order valence-corrected chi connectivity index (χ0v) is 36.6. The van der Waals surface area contributed by atoms with Crippen LogP contribution in [0.25, 0.3) is 77.3 Å². The van der Waals surface area contributed by atoms with Crippen molar-refractivity contribution in [3.63, 3.8) is 0 Å². The fraction of sp³-hybridized carbons (Fsp3) is 0.0476. The number of para-hydroxylation sites is 4. The molecule has 2 heterocycles. The molecule has 0 amide bonds. The Labute approximate surface area is 383 Å². The average molecular weight is 846 g/mol. The molecule has 0 atom stereocenters. The van der Waals surface area contributed by atoms with Crippen molar-refractivity contribution >= 4 is 60.9 Å². The molecular weight excluding hydrogens is 803 g/mol. The molecule has 0 aliphatic heterocycles. The van der Waals surface area contributed by atoms with Crippen LogP contribution in [0.2, 0.25) is 0 Å². The maximum atomic E-state index is 6.53. The van der Waals surface area contributed by atoms with Gasteiger partial charge in [0.25, 0.3) is 0 Å². The van der Waals surface area contributed by atoms with Gasteiger partial charge in [-0.2, -0.15) is 0 Å². The van der Waals surface area contributed by atoms with Gasteiger partial charge in [0.15, 0.2) is 0 Å². The van der Waals surface area contributed by atoms with E-state index in [1.165, 1.54) is 44.5 Å². The summed E-state index contributed by atoms with van der Waals surface area (Å²) in [7, 11) is 0. The van der Waals surface area contributed by atoms with Crippen LogP contribution in [0.3, 0.4) is 0 Å². The van der Waals surface area contributed by atoms with Crippen molar-refractivity contribution in [1.29, 1.82) is 0 Å². The maximum Gasteiger partial charge on any atom is 0.143 e. The predicted octanol–water partition coefficient (Wildman–Crippen LogP) is 17.3. The minimum atomic E-state index is -0.617. The average Bonchev–Trinajstić information content (AvgIpc) is 4.04. The number of rotatable bonds is 7. The summed E-state index contributed by atoms with van der Waals surface area (Å²) in [6, 6.07) is 81.4. The largest absolute Gasteiger partial charge is 0.455 e. The van der Waals surface area contributed by atoms with Crippen molar-refractivity contribution in [2.24, 2.45) is 0 Å². The number of benzene rings is 10. The molecule has 0 radical (unpaired) electrons. The van der Waals surface area contributed by atoms with Crippen LogP contribution in [-0.4, -0.2) is 0 Å². The monoisotopic (exact) mass is 845 g/mol. The van der Waals surface area contributed by atoms with Gasteiger partial charge in [0.05, 0.1) is 11.1 Å². The number of furan rings is 2. The van der Waals surface area contributed by atoms with Gasteiger partial charge in [0.2, 0.25) is 0 Å². The third-order valence-corrected chi connectivity index (χ3v) is 13.9. The van der Waals surface area contributed by atoms with Gasteiger partial charge in [-0.1, -0.05) is 188 Å². The van der Waals surface area contributed by atoms with E-state index in [0.29, 0.717) is 0 Å². The van der Waals surface area contributed by atoms with E-state index in [9.17, 15) is 0 Å². The normalized spacial score (nSPS) is 12.8. The highest BCUT2D eigenvalue weighted by molar-refractivity contribution is 6.11. The zero-order chi connectivity index (χ0) is 43.9. The first-order chi connectivity index (χ1) is 32.6. The van der Waals surface area contributed by atoms with Gasteiger partial charge in [0.1, 0.15) is 22.3 Å². The Morgan fingerprint density at radius 3 is 1.35 bits per heavy atom. The molecule has 0 saturated carbocycles. The molecule has 0 unspecified atom stereocenters. The number of aryl methyl sites for hydroxylation is 2. The van der Waals surface area contributed by atoms with E-state index in [-0.39, 0.29) is 0 Å². The molecule has 3 heteroatoms. The quantitative estimate of drug-likeness (QED) is 0.160. The standard InChI is InChI=1S/C63H43NO2/c1-40-38-41(2)59-55(39-40)52-24-15-27-56(60(52)63(59,44-16-5-3-6-17-44)45-18-7-4-8-19-45)64(46-34-30-42(31-35-46)48-22-13-25-53-50-20-9-11-28-57(50)65-61(48)53)47-36-32-43(33-37-47)49-23-14-26-54-51-21-10-12-29-58(51)66-62(49)54/h3-39H,1-2H3. The van der Waals surface area contributed by atoms with Crippen molar-refractivity contribution < 1.29 is 8.83 Å². The topological polar surface area (TPSA) is 29.5 Å². The van der Waals surface area contributed by atoms with Crippen LogP contribution in [0.1, 0.15) is 33.4 Å². The number of fused-ring (bicyclic) bond motifs is 9. The fourth-order valence-electron chi connectivity index (χ4n) is 11.2. The summed E-state index contributed by atoms with van der Waals surface area (Å²) in [5.41, 5.74) is 20.6. The highest BCUT2D eigenvalue weighted by Gasteiger charge is 2.49. The molecule has 1 aliphatic rings. The molecule has 3 nitrogen and oxygen atoms in total. The van der Waals surface area contributed by atoms with E-state index in [1.54, 1.807) is 0 Å². The lowest BCUT2D eigenvalue weighted by Crippen LogP contribution is -2.31. The lowest BCUT2D eigenvalue weighted by Gasteiger charge is -2.38. The van der Waals surface area contributed by atoms with Crippen LogP contribution in [0.5, 0.6) is 0 Å². The van der Waals surface area contributed by atoms with E-state index in [2.05, 4.69) is 219 Å². The minimum absolute atomic E-state index is 0.617. The molecular formula is C63H43NO2. The summed E-state index contributed by atoms with van der Waals surface area (Å²) >= 11 is 0. The summed E-state index contributed by atoms with van der Waals surface area (Å²) in [6.45, 7) is 4.51. The van der Waals surface area contributed by atoms with Gasteiger partial charge in [0, 0.05) is 49.6 Å². The van der Waals surface area contributed by atoms with Crippen LogP contribution in [0.4, 0.5) is 17.1 Å². The number of anilines is 3. The van der Waals surface area contributed by atoms with E-state index in [0.717, 1.165) is 83.2 Å². The van der Waals surface area contributed by atoms with Crippen LogP contribution >= 0.6 is 0 Å². The zero-order valence-electron chi connectivity index (χ0n) is 36.6. The second kappa shape index (κ2) is 14.8. The minimum Gasteiger partial charge on any atom is -0.455 e. The fourth-order valence-corrected chi connectivity index (χ4v) is 11.2. The Hall–Kier alpha value is -8.40. The number of hydrogen-bond acceptors (Lipinski definition) is 3. The third-order valence-electron chi connectivity index (χ3n) is 13.9. The van der Waals surface area contributed by atoms with Crippen LogP contribution in [-0.2, 0) is 5.41 Å². The molecule has 2 aromatic heterocycles. The second-order valence-corrected chi connectivity index (χ2v) is 17.7. The molecule has 10 aromatic carbocycles. The van der Waals surface area contributed by atoms with Crippen LogP contribution < -0.4 is 4.90 Å². The van der Waals surface area contributed by atoms with E-state index in [1.807, 2.05) is 24.3 Å². The molecule has 12 aromatic rings. The molecule has 0 saturated heterocycles. The molecule has 0 fully saturated rings. The summed E-state index contributed by atoms with van der Waals surface area (Å²) in [4.78, 5) is 2.46. The first kappa shape index (κ1) is 38.1. The Morgan fingerprint density at radius 1 is 0.364 bits per heavy atom. The lowest BCUT2D eigenvalue weighted by atomic mass is 9.66.